The first-order chi connectivity index (χ1) is 7.05. The molecule has 0 aliphatic carbocycles. The Morgan fingerprint density at radius 3 is 2.80 bits per heavy atom. The Balaban J connectivity index is 2.05. The fourth-order valence-corrected chi connectivity index (χ4v) is 3.59. The average Bonchev–Trinajstić information content (AvgIpc) is 2.45. The van der Waals surface area contributed by atoms with Crippen molar-refractivity contribution in [1.82, 2.24) is 0 Å². The summed E-state index contributed by atoms with van der Waals surface area (Å²) in [6, 6.07) is 7.34. The summed E-state index contributed by atoms with van der Waals surface area (Å²) >= 11 is 5.83. The molecule has 1 aliphatic rings. The third-order valence-corrected chi connectivity index (χ3v) is 4.43. The molecule has 0 amide bonds. The highest BCUT2D eigenvalue weighted by atomic mass is 35.5. The van der Waals surface area contributed by atoms with Gasteiger partial charge in [0.25, 0.3) is 0 Å². The maximum atomic E-state index is 11.2. The summed E-state index contributed by atoms with van der Waals surface area (Å²) in [5.41, 5.74) is 0.879. The quantitative estimate of drug-likeness (QED) is 0.866. The molecule has 3 nitrogen and oxygen atoms in total. The standard InChI is InChI=1S/C10H12ClNO2S/c11-8-2-1-3-9(6-8)12-10-4-5-15(13,14)7-10/h1-3,6,10,12H,4-5,7H2. The molecule has 0 bridgehead atoms. The topological polar surface area (TPSA) is 46.2 Å². The molecule has 0 radical (unpaired) electrons. The normalized spacial score (nSPS) is 23.9. The Labute approximate surface area is 94.4 Å². The van der Waals surface area contributed by atoms with Crippen LogP contribution in [0, 0.1) is 0 Å². The van der Waals surface area contributed by atoms with E-state index in [0.717, 1.165) is 5.69 Å². The molecule has 0 aromatic heterocycles. The van der Waals surface area contributed by atoms with Gasteiger partial charge >= 0.3 is 0 Å². The number of hydrogen-bond acceptors (Lipinski definition) is 3. The molecule has 1 fully saturated rings. The maximum Gasteiger partial charge on any atom is 0.152 e. The molecule has 1 aliphatic heterocycles. The van der Waals surface area contributed by atoms with E-state index in [1.54, 1.807) is 12.1 Å². The third kappa shape index (κ3) is 2.86. The highest BCUT2D eigenvalue weighted by Gasteiger charge is 2.27. The average molecular weight is 246 g/mol. The van der Waals surface area contributed by atoms with Crippen molar-refractivity contribution in [2.75, 3.05) is 16.8 Å². The first kappa shape index (κ1) is 10.8. The molecule has 0 saturated carbocycles. The number of rotatable bonds is 2. The Bertz CT molecular complexity index is 458. The number of sulfone groups is 1. The van der Waals surface area contributed by atoms with E-state index in [2.05, 4.69) is 5.32 Å². The molecule has 0 spiro atoms. The van der Waals surface area contributed by atoms with Gasteiger partial charge in [0.2, 0.25) is 0 Å². The smallest absolute Gasteiger partial charge is 0.152 e. The number of benzene rings is 1. The largest absolute Gasteiger partial charge is 0.381 e. The van der Waals surface area contributed by atoms with E-state index in [1.807, 2.05) is 12.1 Å². The highest BCUT2D eigenvalue weighted by Crippen LogP contribution is 2.20. The molecule has 1 aromatic rings. The van der Waals surface area contributed by atoms with Crippen LogP contribution in [0.25, 0.3) is 0 Å². The number of hydrogen-bond donors (Lipinski definition) is 1. The van der Waals surface area contributed by atoms with Crippen molar-refractivity contribution in [3.05, 3.63) is 29.3 Å². The van der Waals surface area contributed by atoms with Gasteiger partial charge in [-0.05, 0) is 24.6 Å². The lowest BCUT2D eigenvalue weighted by molar-refractivity contribution is 0.602. The minimum atomic E-state index is -2.82. The van der Waals surface area contributed by atoms with Crippen LogP contribution in [0.2, 0.25) is 5.02 Å². The molecule has 1 N–H and O–H groups in total. The van der Waals surface area contributed by atoms with Gasteiger partial charge in [0.1, 0.15) is 0 Å². The van der Waals surface area contributed by atoms with E-state index in [4.69, 9.17) is 11.6 Å². The summed E-state index contributed by atoms with van der Waals surface area (Å²) in [5.74, 6) is 0.505. The van der Waals surface area contributed by atoms with Crippen molar-refractivity contribution in [2.24, 2.45) is 0 Å². The summed E-state index contributed by atoms with van der Waals surface area (Å²) in [4.78, 5) is 0. The van der Waals surface area contributed by atoms with E-state index in [9.17, 15) is 8.42 Å². The molecule has 82 valence electrons. The van der Waals surface area contributed by atoms with Crippen LogP contribution in [-0.4, -0.2) is 26.0 Å². The second-order valence-corrected chi connectivity index (χ2v) is 6.42. The van der Waals surface area contributed by atoms with Gasteiger partial charge in [0.15, 0.2) is 9.84 Å². The van der Waals surface area contributed by atoms with E-state index in [0.29, 0.717) is 11.4 Å². The van der Waals surface area contributed by atoms with Gasteiger partial charge in [-0.3, -0.25) is 0 Å². The third-order valence-electron chi connectivity index (χ3n) is 2.43. The zero-order valence-electron chi connectivity index (χ0n) is 8.11. The predicted octanol–water partition coefficient (Wildman–Crippen LogP) is 1.94. The van der Waals surface area contributed by atoms with E-state index in [1.165, 1.54) is 0 Å². The fourth-order valence-electron chi connectivity index (χ4n) is 1.72. The molecule has 1 unspecified atom stereocenters. The van der Waals surface area contributed by atoms with E-state index in [-0.39, 0.29) is 17.5 Å². The minimum absolute atomic E-state index is 0.0217. The van der Waals surface area contributed by atoms with Crippen molar-refractivity contribution < 1.29 is 8.42 Å². The molecule has 5 heteroatoms. The summed E-state index contributed by atoms with van der Waals surface area (Å²) in [5, 5.41) is 3.83. The van der Waals surface area contributed by atoms with Crippen LogP contribution >= 0.6 is 11.6 Å². The van der Waals surface area contributed by atoms with Gasteiger partial charge < -0.3 is 5.32 Å². The lowest BCUT2D eigenvalue weighted by atomic mass is 10.2. The molecule has 15 heavy (non-hydrogen) atoms. The van der Waals surface area contributed by atoms with Gasteiger partial charge in [-0.1, -0.05) is 17.7 Å². The second kappa shape index (κ2) is 4.02. The molecule has 1 atom stereocenters. The van der Waals surface area contributed by atoms with Crippen LogP contribution in [0.15, 0.2) is 24.3 Å². The molecule has 2 rings (SSSR count). The van der Waals surface area contributed by atoms with Crippen LogP contribution in [0.1, 0.15) is 6.42 Å². The van der Waals surface area contributed by atoms with Crippen LogP contribution in [0.3, 0.4) is 0 Å². The predicted molar refractivity (Wildman–Crippen MR) is 62.1 cm³/mol. The van der Waals surface area contributed by atoms with Crippen LogP contribution < -0.4 is 5.32 Å². The van der Waals surface area contributed by atoms with Gasteiger partial charge in [-0.15, -0.1) is 0 Å². The summed E-state index contributed by atoms with van der Waals surface area (Å²) in [6.07, 6.45) is 0.675. The molecular formula is C10H12ClNO2S. The first-order valence-corrected chi connectivity index (χ1v) is 6.98. The van der Waals surface area contributed by atoms with Crippen molar-refractivity contribution in [1.29, 1.82) is 0 Å². The zero-order valence-corrected chi connectivity index (χ0v) is 9.68. The van der Waals surface area contributed by atoms with E-state index < -0.39 is 9.84 Å². The number of nitrogens with one attached hydrogen (secondary N) is 1. The second-order valence-electron chi connectivity index (χ2n) is 3.75. The Hall–Kier alpha value is -0.740. The van der Waals surface area contributed by atoms with Crippen molar-refractivity contribution in [2.45, 2.75) is 12.5 Å². The van der Waals surface area contributed by atoms with Gasteiger partial charge in [-0.25, -0.2) is 8.42 Å². The maximum absolute atomic E-state index is 11.2. The lowest BCUT2D eigenvalue weighted by Crippen LogP contribution is -2.20. The number of halogens is 1. The zero-order chi connectivity index (χ0) is 10.9. The first-order valence-electron chi connectivity index (χ1n) is 4.78. The molecule has 1 heterocycles. The van der Waals surface area contributed by atoms with Crippen LogP contribution in [-0.2, 0) is 9.84 Å². The van der Waals surface area contributed by atoms with Crippen LogP contribution in [0.4, 0.5) is 5.69 Å². The van der Waals surface area contributed by atoms with Gasteiger partial charge in [-0.2, -0.15) is 0 Å². The minimum Gasteiger partial charge on any atom is -0.381 e. The van der Waals surface area contributed by atoms with Gasteiger partial charge in [0, 0.05) is 16.8 Å². The van der Waals surface area contributed by atoms with E-state index >= 15 is 0 Å². The van der Waals surface area contributed by atoms with Crippen molar-refractivity contribution in [3.8, 4) is 0 Å². The summed E-state index contributed by atoms with van der Waals surface area (Å²) in [6.45, 7) is 0. The highest BCUT2D eigenvalue weighted by molar-refractivity contribution is 7.91. The molecule has 1 saturated heterocycles. The van der Waals surface area contributed by atoms with Crippen molar-refractivity contribution >= 4 is 27.1 Å². The monoisotopic (exact) mass is 245 g/mol. The lowest BCUT2D eigenvalue weighted by Gasteiger charge is -2.12. The SMILES string of the molecule is O=S1(=O)CCC(Nc2cccc(Cl)c2)C1. The summed E-state index contributed by atoms with van der Waals surface area (Å²) < 4.78 is 22.5. The Morgan fingerprint density at radius 2 is 2.20 bits per heavy atom. The van der Waals surface area contributed by atoms with Crippen molar-refractivity contribution in [3.63, 3.8) is 0 Å². The molecule has 1 aromatic carbocycles. The number of anilines is 1. The van der Waals surface area contributed by atoms with Crippen LogP contribution in [0.5, 0.6) is 0 Å². The molecular weight excluding hydrogens is 234 g/mol. The summed E-state index contributed by atoms with van der Waals surface area (Å²) in [7, 11) is -2.82. The Kier molecular flexibility index (Phi) is 2.89. The Morgan fingerprint density at radius 1 is 1.40 bits per heavy atom. The fraction of sp³-hybridized carbons (Fsp3) is 0.400. The van der Waals surface area contributed by atoms with Gasteiger partial charge in [0.05, 0.1) is 11.5 Å².